The van der Waals surface area contributed by atoms with E-state index < -0.39 is 0 Å². The van der Waals surface area contributed by atoms with Gasteiger partial charge < -0.3 is 30.7 Å². The lowest BCUT2D eigenvalue weighted by Crippen LogP contribution is -2.36. The number of ether oxygens (including phenoxy) is 2. The molecule has 0 saturated carbocycles. The lowest BCUT2D eigenvalue weighted by Gasteiger charge is -2.29. The first-order chi connectivity index (χ1) is 26.4. The van der Waals surface area contributed by atoms with E-state index in [-0.39, 0.29) is 17.8 Å². The van der Waals surface area contributed by atoms with Crippen LogP contribution in [-0.2, 0) is 9.47 Å². The highest BCUT2D eigenvalue weighted by atomic mass is 16.5. The van der Waals surface area contributed by atoms with Crippen molar-refractivity contribution in [2.45, 2.75) is 12.8 Å². The molecule has 6 aromatic rings. The highest BCUT2D eigenvalue weighted by molar-refractivity contribution is 5.81. The monoisotopic (exact) mass is 720 g/mol. The van der Waals surface area contributed by atoms with Gasteiger partial charge in [-0.25, -0.2) is 29.9 Å². The second kappa shape index (κ2) is 17.1. The average Bonchev–Trinajstić information content (AvgIpc) is 3.25. The molecule has 2 fully saturated rings. The van der Waals surface area contributed by atoms with E-state index in [0.29, 0.717) is 13.2 Å². The Morgan fingerprint density at radius 3 is 1.57 bits per heavy atom. The summed E-state index contributed by atoms with van der Waals surface area (Å²) >= 11 is 0. The van der Waals surface area contributed by atoms with Crippen molar-refractivity contribution in [1.29, 1.82) is 0 Å². The predicted molar refractivity (Wildman–Crippen MR) is 214 cm³/mol. The van der Waals surface area contributed by atoms with Gasteiger partial charge in [-0.05, 0) is 52.1 Å². The van der Waals surface area contributed by atoms with Crippen molar-refractivity contribution >= 4 is 29.1 Å². The van der Waals surface area contributed by atoms with Crippen molar-refractivity contribution in [1.82, 2.24) is 29.9 Å². The van der Waals surface area contributed by atoms with E-state index >= 15 is 0 Å². The maximum Gasteiger partial charge on any atom is 0.219 e. The second-order valence-electron chi connectivity index (χ2n) is 13.1. The average molecular weight is 721 g/mol. The van der Waals surface area contributed by atoms with Gasteiger partial charge in [-0.3, -0.25) is 0 Å². The van der Waals surface area contributed by atoms with Gasteiger partial charge in [0.15, 0.2) is 0 Å². The van der Waals surface area contributed by atoms with Gasteiger partial charge in [-0.1, -0.05) is 74.2 Å². The molecule has 274 valence electrons. The van der Waals surface area contributed by atoms with Crippen LogP contribution in [0.2, 0.25) is 0 Å². The Bertz CT molecular complexity index is 2140. The largest absolute Gasteiger partial charge is 0.378 e. The minimum Gasteiger partial charge on any atom is -0.378 e. The molecule has 1 unspecified atom stereocenters. The fraction of sp³-hybridized carbons (Fsp3) is 0.238. The molecular weight excluding hydrogens is 677 g/mol. The van der Waals surface area contributed by atoms with Crippen LogP contribution < -0.4 is 21.3 Å². The van der Waals surface area contributed by atoms with Crippen LogP contribution in [0.1, 0.15) is 35.1 Å². The Morgan fingerprint density at radius 2 is 1.06 bits per heavy atom. The minimum absolute atomic E-state index is 0.247. The third kappa shape index (κ3) is 8.85. The fourth-order valence-electron chi connectivity index (χ4n) is 6.36. The molecule has 0 amide bonds. The van der Waals surface area contributed by atoms with Gasteiger partial charge >= 0.3 is 0 Å². The summed E-state index contributed by atoms with van der Waals surface area (Å²) < 4.78 is 11.0. The Hall–Kier alpha value is -6.24. The van der Waals surface area contributed by atoms with Gasteiger partial charge in [0, 0.05) is 68.0 Å². The topological polar surface area (TPSA) is 154 Å². The second-order valence-corrected chi connectivity index (χ2v) is 13.1. The van der Waals surface area contributed by atoms with Gasteiger partial charge in [-0.2, -0.15) is 0 Å². The zero-order valence-corrected chi connectivity index (χ0v) is 30.4. The van der Waals surface area contributed by atoms with Gasteiger partial charge in [0.2, 0.25) is 11.9 Å². The van der Waals surface area contributed by atoms with E-state index in [1.807, 2.05) is 30.3 Å². The lowest BCUT2D eigenvalue weighted by molar-refractivity contribution is 0.122. The summed E-state index contributed by atoms with van der Waals surface area (Å²) in [5.41, 5.74) is 20.1. The highest BCUT2D eigenvalue weighted by Gasteiger charge is 2.19. The molecule has 2 saturated heterocycles. The number of nitrogens with two attached hydrogens (primary N) is 2. The molecule has 6 heterocycles. The Morgan fingerprint density at radius 1 is 0.593 bits per heavy atom. The number of hydrogen-bond acceptors (Lipinski definition) is 12. The van der Waals surface area contributed by atoms with E-state index in [1.165, 1.54) is 11.1 Å². The number of morpholine rings is 2. The molecule has 12 nitrogen and oxygen atoms in total. The third-order valence-corrected chi connectivity index (χ3v) is 9.52. The lowest BCUT2D eigenvalue weighted by atomic mass is 9.92. The van der Waals surface area contributed by atoms with Crippen molar-refractivity contribution in [3.63, 3.8) is 0 Å². The molecule has 0 aliphatic carbocycles. The van der Waals surface area contributed by atoms with Crippen LogP contribution in [0.3, 0.4) is 0 Å². The van der Waals surface area contributed by atoms with Crippen LogP contribution in [0.5, 0.6) is 0 Å². The SMILES string of the molecule is C=C(c1ccccc1)c1cc(-c2cnc(N)nc2)nc(N2CCOCC2)c1.CC(c1ccccc1)c1cc(-c2cnc(N)nc2)nc(N2CCOCC2)c1. The Kier molecular flexibility index (Phi) is 11.4. The summed E-state index contributed by atoms with van der Waals surface area (Å²) in [5.74, 6) is 2.63. The van der Waals surface area contributed by atoms with Gasteiger partial charge in [-0.15, -0.1) is 0 Å². The summed E-state index contributed by atoms with van der Waals surface area (Å²) in [5, 5.41) is 0. The van der Waals surface area contributed by atoms with Crippen LogP contribution in [0.25, 0.3) is 28.1 Å². The summed E-state index contributed by atoms with van der Waals surface area (Å²) in [6.07, 6.45) is 6.85. The zero-order valence-electron chi connectivity index (χ0n) is 30.4. The summed E-state index contributed by atoms with van der Waals surface area (Å²) in [4.78, 5) is 30.7. The molecule has 54 heavy (non-hydrogen) atoms. The number of aromatic nitrogens is 6. The van der Waals surface area contributed by atoms with Crippen LogP contribution in [-0.4, -0.2) is 82.5 Å². The standard InChI is InChI=1S/C21H23N5O.C21H21N5O/c2*1-15(16-5-3-2-4-6-16)17-11-19(18-13-23-21(22)24-14-18)25-20(12-17)26-7-9-27-10-8-26/h2-6,11-15H,7-10H2,1H3,(H2,22,23,24);2-6,11-14H,1,7-10H2,(H2,22,23,24). The number of rotatable bonds is 8. The summed E-state index contributed by atoms with van der Waals surface area (Å²) in [7, 11) is 0. The number of pyridine rings is 2. The molecule has 2 aliphatic heterocycles. The van der Waals surface area contributed by atoms with E-state index in [4.69, 9.17) is 30.9 Å². The maximum absolute atomic E-state index is 5.64. The molecule has 1 atom stereocenters. The van der Waals surface area contributed by atoms with E-state index in [9.17, 15) is 0 Å². The van der Waals surface area contributed by atoms with E-state index in [0.717, 1.165) is 90.2 Å². The van der Waals surface area contributed by atoms with Crippen molar-refractivity contribution in [3.05, 3.63) is 139 Å². The molecule has 2 aromatic carbocycles. The van der Waals surface area contributed by atoms with Crippen molar-refractivity contribution < 1.29 is 9.47 Å². The quantitative estimate of drug-likeness (QED) is 0.186. The van der Waals surface area contributed by atoms with Crippen LogP contribution in [0.15, 0.2) is 116 Å². The first kappa shape index (κ1) is 36.1. The van der Waals surface area contributed by atoms with E-state index in [1.54, 1.807) is 24.8 Å². The van der Waals surface area contributed by atoms with E-state index in [2.05, 4.69) is 97.8 Å². The van der Waals surface area contributed by atoms with Gasteiger partial charge in [0.25, 0.3) is 0 Å². The fourth-order valence-corrected chi connectivity index (χ4v) is 6.36. The van der Waals surface area contributed by atoms with Crippen LogP contribution >= 0.6 is 0 Å². The molecule has 2 aliphatic rings. The number of benzene rings is 2. The predicted octanol–water partition coefficient (Wildman–Crippen LogP) is 6.13. The van der Waals surface area contributed by atoms with Crippen LogP contribution in [0, 0.1) is 0 Å². The Labute approximate surface area is 315 Å². The first-order valence-electron chi connectivity index (χ1n) is 18.1. The number of nitrogens with zero attached hydrogens (tertiary/aromatic N) is 8. The molecule has 12 heteroatoms. The molecule has 8 rings (SSSR count). The molecule has 4 N–H and O–H groups in total. The van der Waals surface area contributed by atoms with Crippen LogP contribution in [0.4, 0.5) is 23.5 Å². The minimum atomic E-state index is 0.247. The molecule has 0 bridgehead atoms. The summed E-state index contributed by atoms with van der Waals surface area (Å²) in [6.45, 7) is 12.7. The van der Waals surface area contributed by atoms with Crippen molar-refractivity contribution in [2.75, 3.05) is 73.9 Å². The molecule has 4 aromatic heterocycles. The highest BCUT2D eigenvalue weighted by Crippen LogP contribution is 2.32. The Balaban J connectivity index is 0.000000167. The molecule has 0 radical (unpaired) electrons. The smallest absolute Gasteiger partial charge is 0.219 e. The van der Waals surface area contributed by atoms with Crippen molar-refractivity contribution in [2.24, 2.45) is 0 Å². The normalized spacial score (nSPS) is 14.8. The van der Waals surface area contributed by atoms with Gasteiger partial charge in [0.1, 0.15) is 11.6 Å². The molecule has 0 spiro atoms. The zero-order chi connectivity index (χ0) is 37.3. The summed E-state index contributed by atoms with van der Waals surface area (Å²) in [6, 6.07) is 29.1. The number of anilines is 4. The number of nitrogen functional groups attached to an aromatic ring is 2. The number of hydrogen-bond donors (Lipinski definition) is 2. The first-order valence-corrected chi connectivity index (χ1v) is 18.1. The van der Waals surface area contributed by atoms with Gasteiger partial charge in [0.05, 0.1) is 37.8 Å². The third-order valence-electron chi connectivity index (χ3n) is 9.52. The maximum atomic E-state index is 5.64. The molecular formula is C42H44N10O2. The van der Waals surface area contributed by atoms with Crippen molar-refractivity contribution in [3.8, 4) is 22.5 Å².